The summed E-state index contributed by atoms with van der Waals surface area (Å²) in [6.45, 7) is 9.53. The second-order valence-electron chi connectivity index (χ2n) is 7.83. The summed E-state index contributed by atoms with van der Waals surface area (Å²) >= 11 is 5.86. The number of carbonyl (C=O) groups excluding carboxylic acids is 2. The van der Waals surface area contributed by atoms with Crippen LogP contribution < -0.4 is 10.5 Å². The van der Waals surface area contributed by atoms with Crippen molar-refractivity contribution in [3.63, 3.8) is 0 Å². The highest BCUT2D eigenvalue weighted by atomic mass is 35.5. The number of nitrogens with two attached hydrogens (primary N) is 1. The molecule has 0 aliphatic carbocycles. The van der Waals surface area contributed by atoms with Gasteiger partial charge in [-0.2, -0.15) is 0 Å². The van der Waals surface area contributed by atoms with E-state index in [-0.39, 0.29) is 22.7 Å². The van der Waals surface area contributed by atoms with Crippen molar-refractivity contribution in [3.05, 3.63) is 70.8 Å². The Labute approximate surface area is 191 Å². The Kier molecular flexibility index (Phi) is 7.48. The van der Waals surface area contributed by atoms with Crippen molar-refractivity contribution in [2.75, 3.05) is 26.2 Å². The smallest absolute Gasteiger partial charge is 0.267 e. The summed E-state index contributed by atoms with van der Waals surface area (Å²) in [6.07, 6.45) is 2.21. The fraction of sp³-hybridized carbons (Fsp3) is 0.348. The highest BCUT2D eigenvalue weighted by Crippen LogP contribution is 2.27. The van der Waals surface area contributed by atoms with Crippen LogP contribution in [-0.4, -0.2) is 58.8 Å². The van der Waals surface area contributed by atoms with Crippen molar-refractivity contribution in [2.45, 2.75) is 26.0 Å². The molecule has 7 nitrogen and oxygen atoms in total. The fourth-order valence-corrected chi connectivity index (χ4v) is 3.95. The van der Waals surface area contributed by atoms with Crippen molar-refractivity contribution < 1.29 is 18.7 Å². The van der Waals surface area contributed by atoms with Gasteiger partial charge in [0.15, 0.2) is 0 Å². The first-order valence-corrected chi connectivity index (χ1v) is 10.6. The third-order valence-electron chi connectivity index (χ3n) is 5.47. The van der Waals surface area contributed by atoms with E-state index in [0.29, 0.717) is 43.1 Å². The number of aromatic nitrogens is 1. The van der Waals surface area contributed by atoms with Crippen LogP contribution in [0.15, 0.2) is 43.1 Å². The minimum Gasteiger partial charge on any atom is -0.483 e. The monoisotopic (exact) mass is 460 g/mol. The molecule has 1 saturated heterocycles. The highest BCUT2D eigenvalue weighted by molar-refractivity contribution is 6.30. The molecule has 1 aromatic carbocycles. The van der Waals surface area contributed by atoms with Gasteiger partial charge >= 0.3 is 0 Å². The van der Waals surface area contributed by atoms with Crippen molar-refractivity contribution in [1.29, 1.82) is 0 Å². The van der Waals surface area contributed by atoms with Crippen LogP contribution in [0.4, 0.5) is 4.39 Å². The number of amides is 2. The lowest BCUT2D eigenvalue weighted by molar-refractivity contribution is -0.130. The molecule has 32 heavy (non-hydrogen) atoms. The summed E-state index contributed by atoms with van der Waals surface area (Å²) in [5.74, 6) is -0.820. The number of aryl methyl sites for hydroxylation is 1. The Balaban J connectivity index is 1.83. The van der Waals surface area contributed by atoms with Crippen LogP contribution in [0.3, 0.4) is 0 Å². The maximum Gasteiger partial charge on any atom is 0.267 e. The number of primary amides is 1. The van der Waals surface area contributed by atoms with Crippen molar-refractivity contribution in [1.82, 2.24) is 14.8 Å². The third kappa shape index (κ3) is 5.44. The second kappa shape index (κ2) is 10.1. The maximum atomic E-state index is 14.2. The van der Waals surface area contributed by atoms with Crippen LogP contribution >= 0.6 is 11.6 Å². The van der Waals surface area contributed by atoms with E-state index in [2.05, 4.69) is 16.5 Å². The summed E-state index contributed by atoms with van der Waals surface area (Å²) in [7, 11) is 0. The zero-order valence-electron chi connectivity index (χ0n) is 18.1. The molecule has 2 aromatic rings. The van der Waals surface area contributed by atoms with Crippen molar-refractivity contribution >= 4 is 23.4 Å². The summed E-state index contributed by atoms with van der Waals surface area (Å²) in [5, 5.41) is 0.0287. The number of rotatable bonds is 7. The molecule has 2 N–H and O–H groups in total. The average molecular weight is 461 g/mol. The van der Waals surface area contributed by atoms with Gasteiger partial charge < -0.3 is 15.4 Å². The number of hydrogen-bond acceptors (Lipinski definition) is 5. The van der Waals surface area contributed by atoms with E-state index < -0.39 is 17.8 Å². The predicted molar refractivity (Wildman–Crippen MR) is 120 cm³/mol. The largest absolute Gasteiger partial charge is 0.483 e. The summed E-state index contributed by atoms with van der Waals surface area (Å²) in [5.41, 5.74) is 6.70. The topological polar surface area (TPSA) is 88.8 Å². The first kappa shape index (κ1) is 23.7. The van der Waals surface area contributed by atoms with Gasteiger partial charge in [0.05, 0.1) is 11.2 Å². The Hall–Kier alpha value is -2.97. The second-order valence-corrected chi connectivity index (χ2v) is 8.23. The van der Waals surface area contributed by atoms with E-state index in [4.69, 9.17) is 22.1 Å². The van der Waals surface area contributed by atoms with Gasteiger partial charge in [-0.05, 0) is 49.2 Å². The molecule has 1 aromatic heterocycles. The number of hydrogen-bond donors (Lipinski definition) is 1. The first-order valence-electron chi connectivity index (χ1n) is 10.2. The summed E-state index contributed by atoms with van der Waals surface area (Å²) in [4.78, 5) is 31.5. The Bertz CT molecular complexity index is 1030. The summed E-state index contributed by atoms with van der Waals surface area (Å²) < 4.78 is 20.4. The van der Waals surface area contributed by atoms with Crippen LogP contribution in [0.2, 0.25) is 5.02 Å². The van der Waals surface area contributed by atoms with E-state index in [1.54, 1.807) is 24.0 Å². The molecule has 170 valence electrons. The lowest BCUT2D eigenvalue weighted by Gasteiger charge is -2.40. The number of nitrogens with zero attached hydrogens (tertiary/aromatic N) is 3. The van der Waals surface area contributed by atoms with Crippen LogP contribution in [0, 0.1) is 12.7 Å². The molecule has 2 atom stereocenters. The number of piperazine rings is 1. The number of benzene rings is 1. The first-order chi connectivity index (χ1) is 15.2. The molecule has 2 heterocycles. The van der Waals surface area contributed by atoms with Gasteiger partial charge in [0.1, 0.15) is 23.4 Å². The normalized spacial score (nSPS) is 17.6. The fourth-order valence-electron chi connectivity index (χ4n) is 3.84. The Morgan fingerprint density at radius 3 is 2.75 bits per heavy atom. The van der Waals surface area contributed by atoms with Crippen LogP contribution in [-0.2, 0) is 4.79 Å². The van der Waals surface area contributed by atoms with Gasteiger partial charge in [0, 0.05) is 32.2 Å². The molecular weight excluding hydrogens is 435 g/mol. The lowest BCUT2D eigenvalue weighted by Crippen LogP contribution is -2.54. The van der Waals surface area contributed by atoms with E-state index in [1.807, 2.05) is 6.92 Å². The zero-order valence-corrected chi connectivity index (χ0v) is 18.8. The standard InChI is InChI=1S/C23H26ClFN4O3/c1-4-21(30)29-8-7-28(12-15(29)3)13-20(16-5-6-18(24)19(25)10-16)32-17-9-14(2)22(23(26)31)27-11-17/h4-6,9-11,15,20H,1,7-8,12-13H2,2-3H3,(H2,26,31)/t15-,20-/m1/s1. The molecule has 2 amide bonds. The molecular formula is C23H26ClFN4O3. The average Bonchev–Trinajstić information content (AvgIpc) is 2.74. The van der Waals surface area contributed by atoms with Gasteiger partial charge in [0.25, 0.3) is 5.91 Å². The zero-order chi connectivity index (χ0) is 23.4. The predicted octanol–water partition coefficient (Wildman–Crippen LogP) is 3.12. The van der Waals surface area contributed by atoms with E-state index in [0.717, 1.165) is 0 Å². The number of carbonyl (C=O) groups is 2. The summed E-state index contributed by atoms with van der Waals surface area (Å²) in [6, 6.07) is 6.23. The highest BCUT2D eigenvalue weighted by Gasteiger charge is 2.29. The van der Waals surface area contributed by atoms with E-state index >= 15 is 0 Å². The number of ether oxygens (including phenoxy) is 1. The minimum absolute atomic E-state index is 0.00406. The molecule has 0 bridgehead atoms. The third-order valence-corrected chi connectivity index (χ3v) is 5.78. The Morgan fingerprint density at radius 2 is 2.16 bits per heavy atom. The van der Waals surface area contributed by atoms with Gasteiger partial charge in [-0.1, -0.05) is 24.2 Å². The van der Waals surface area contributed by atoms with Gasteiger partial charge in [-0.15, -0.1) is 0 Å². The number of pyridine rings is 1. The molecule has 0 saturated carbocycles. The van der Waals surface area contributed by atoms with E-state index in [9.17, 15) is 14.0 Å². The van der Waals surface area contributed by atoms with Gasteiger partial charge in [-0.3, -0.25) is 14.5 Å². The molecule has 1 aliphatic heterocycles. The lowest BCUT2D eigenvalue weighted by atomic mass is 10.1. The maximum absolute atomic E-state index is 14.2. The molecule has 0 spiro atoms. The SMILES string of the molecule is C=CC(=O)N1CCN(C[C@@H](Oc2cnc(C(N)=O)c(C)c2)c2ccc(Cl)c(F)c2)C[C@H]1C. The van der Waals surface area contributed by atoms with Gasteiger partial charge in [0.2, 0.25) is 5.91 Å². The van der Waals surface area contributed by atoms with Crippen molar-refractivity contribution in [3.8, 4) is 5.75 Å². The minimum atomic E-state index is -0.619. The Morgan fingerprint density at radius 1 is 1.41 bits per heavy atom. The van der Waals surface area contributed by atoms with Crippen molar-refractivity contribution in [2.24, 2.45) is 5.73 Å². The molecule has 0 radical (unpaired) electrons. The molecule has 0 unspecified atom stereocenters. The van der Waals surface area contributed by atoms with Crippen LogP contribution in [0.5, 0.6) is 5.75 Å². The van der Waals surface area contributed by atoms with E-state index in [1.165, 1.54) is 24.4 Å². The molecule has 1 aliphatic rings. The number of halogens is 2. The molecule has 9 heteroatoms. The quantitative estimate of drug-likeness (QED) is 0.641. The van der Waals surface area contributed by atoms with Gasteiger partial charge in [-0.25, -0.2) is 9.37 Å². The molecule has 1 fully saturated rings. The van der Waals surface area contributed by atoms with Crippen LogP contribution in [0.25, 0.3) is 0 Å². The molecule has 3 rings (SSSR count). The van der Waals surface area contributed by atoms with Crippen LogP contribution in [0.1, 0.15) is 34.6 Å².